The van der Waals surface area contributed by atoms with Gasteiger partial charge in [-0.1, -0.05) is 6.92 Å². The molecule has 2 aromatic rings. The molecule has 7 nitrogen and oxygen atoms in total. The van der Waals surface area contributed by atoms with Crippen LogP contribution in [0.15, 0.2) is 30.9 Å². The molecule has 2 aromatic heterocycles. The van der Waals surface area contributed by atoms with E-state index in [0.717, 1.165) is 25.1 Å². The van der Waals surface area contributed by atoms with E-state index >= 15 is 0 Å². The van der Waals surface area contributed by atoms with Crippen molar-refractivity contribution in [2.75, 3.05) is 18.4 Å². The summed E-state index contributed by atoms with van der Waals surface area (Å²) in [6.45, 7) is 3.41. The van der Waals surface area contributed by atoms with E-state index in [-0.39, 0.29) is 11.8 Å². The Morgan fingerprint density at radius 3 is 2.78 bits per heavy atom. The number of likely N-dealkylation sites (tertiary alicyclic amines) is 1. The first kappa shape index (κ1) is 15.3. The molecule has 7 heteroatoms. The molecule has 0 aliphatic carbocycles. The molecule has 0 aromatic carbocycles. The van der Waals surface area contributed by atoms with Gasteiger partial charge in [0.05, 0.1) is 5.69 Å². The second kappa shape index (κ2) is 7.13. The first-order valence-electron chi connectivity index (χ1n) is 7.90. The molecule has 120 valence electrons. The van der Waals surface area contributed by atoms with Crippen molar-refractivity contribution in [1.82, 2.24) is 24.8 Å². The first-order valence-corrected chi connectivity index (χ1v) is 7.90. The predicted molar refractivity (Wildman–Crippen MR) is 86.2 cm³/mol. The molecule has 1 atom stereocenters. The number of nitrogens with zero attached hydrogens (tertiary/aromatic N) is 5. The molecule has 3 heterocycles. The zero-order valence-corrected chi connectivity index (χ0v) is 13.1. The molecular formula is C16H20N6O. The Morgan fingerprint density at radius 2 is 2.00 bits per heavy atom. The van der Waals surface area contributed by atoms with Crippen LogP contribution in [0.2, 0.25) is 0 Å². The highest BCUT2D eigenvalue weighted by atomic mass is 16.2. The van der Waals surface area contributed by atoms with E-state index in [1.165, 1.54) is 0 Å². The fraction of sp³-hybridized carbons (Fsp3) is 0.438. The smallest absolute Gasteiger partial charge is 0.228 e. The summed E-state index contributed by atoms with van der Waals surface area (Å²) in [6, 6.07) is 1.76. The zero-order chi connectivity index (χ0) is 16.1. The minimum atomic E-state index is 0.180. The fourth-order valence-electron chi connectivity index (χ4n) is 2.86. The van der Waals surface area contributed by atoms with Crippen LogP contribution in [-0.2, 0) is 4.79 Å². The van der Waals surface area contributed by atoms with Gasteiger partial charge >= 0.3 is 0 Å². The Balaban J connectivity index is 1.81. The largest absolute Gasteiger partial charge is 0.342 e. The van der Waals surface area contributed by atoms with Crippen molar-refractivity contribution < 1.29 is 4.79 Å². The Morgan fingerprint density at radius 1 is 1.22 bits per heavy atom. The van der Waals surface area contributed by atoms with Gasteiger partial charge in [-0.25, -0.2) is 15.0 Å². The third-order valence-corrected chi connectivity index (χ3v) is 3.99. The van der Waals surface area contributed by atoms with Gasteiger partial charge in [0.2, 0.25) is 11.9 Å². The molecule has 1 saturated heterocycles. The molecule has 0 saturated carbocycles. The first-order chi connectivity index (χ1) is 11.3. The van der Waals surface area contributed by atoms with Crippen LogP contribution in [0.5, 0.6) is 0 Å². The normalized spacial score (nSPS) is 17.8. The number of aromatic nitrogens is 4. The molecule has 3 rings (SSSR count). The average Bonchev–Trinajstić information content (AvgIpc) is 2.62. The van der Waals surface area contributed by atoms with Crippen molar-refractivity contribution in [3.05, 3.63) is 36.5 Å². The van der Waals surface area contributed by atoms with Crippen LogP contribution >= 0.6 is 0 Å². The lowest BCUT2D eigenvalue weighted by Gasteiger charge is -2.32. The monoisotopic (exact) mass is 312 g/mol. The predicted octanol–water partition coefficient (Wildman–Crippen LogP) is 2.13. The van der Waals surface area contributed by atoms with Crippen LogP contribution in [0.4, 0.5) is 11.8 Å². The Labute approximate surface area is 135 Å². The Bertz CT molecular complexity index is 663. The van der Waals surface area contributed by atoms with Gasteiger partial charge in [-0.15, -0.1) is 0 Å². The quantitative estimate of drug-likeness (QED) is 0.931. The SMILES string of the molecule is CCC(=O)N1CCC[C@@H](c2nccnc2Nc2ncccn2)C1. The van der Waals surface area contributed by atoms with Crippen LogP contribution in [0, 0.1) is 0 Å². The minimum Gasteiger partial charge on any atom is -0.342 e. The number of carbonyl (C=O) groups excluding carboxylic acids is 1. The van der Waals surface area contributed by atoms with E-state index in [9.17, 15) is 4.79 Å². The number of anilines is 2. The van der Waals surface area contributed by atoms with Gasteiger partial charge in [-0.3, -0.25) is 9.78 Å². The third-order valence-electron chi connectivity index (χ3n) is 3.99. The lowest BCUT2D eigenvalue weighted by molar-refractivity contribution is -0.132. The summed E-state index contributed by atoms with van der Waals surface area (Å²) in [5.41, 5.74) is 0.869. The highest BCUT2D eigenvalue weighted by molar-refractivity contribution is 5.76. The maximum atomic E-state index is 12.0. The molecule has 0 spiro atoms. The number of carbonyl (C=O) groups is 1. The summed E-state index contributed by atoms with van der Waals surface area (Å²) in [5.74, 6) is 1.53. The van der Waals surface area contributed by atoms with Gasteiger partial charge in [-0.05, 0) is 18.9 Å². The summed E-state index contributed by atoms with van der Waals surface area (Å²) >= 11 is 0. The summed E-state index contributed by atoms with van der Waals surface area (Å²) in [4.78, 5) is 31.1. The topological polar surface area (TPSA) is 83.9 Å². The van der Waals surface area contributed by atoms with Crippen molar-refractivity contribution in [3.8, 4) is 0 Å². The van der Waals surface area contributed by atoms with Crippen molar-refractivity contribution in [3.63, 3.8) is 0 Å². The van der Waals surface area contributed by atoms with E-state index in [1.807, 2.05) is 11.8 Å². The van der Waals surface area contributed by atoms with Gasteiger partial charge < -0.3 is 10.2 Å². The molecular weight excluding hydrogens is 292 g/mol. The van der Waals surface area contributed by atoms with Crippen LogP contribution < -0.4 is 5.32 Å². The summed E-state index contributed by atoms with van der Waals surface area (Å²) in [6.07, 6.45) is 9.20. The molecule has 0 unspecified atom stereocenters. The Kier molecular flexibility index (Phi) is 4.75. The third kappa shape index (κ3) is 3.61. The molecule has 1 aliphatic rings. The molecule has 1 N–H and O–H groups in total. The fourth-order valence-corrected chi connectivity index (χ4v) is 2.86. The van der Waals surface area contributed by atoms with Crippen LogP contribution in [-0.4, -0.2) is 43.8 Å². The molecule has 1 fully saturated rings. The van der Waals surface area contributed by atoms with E-state index in [2.05, 4.69) is 25.3 Å². The molecule has 1 amide bonds. The number of piperidine rings is 1. The van der Waals surface area contributed by atoms with Crippen LogP contribution in [0.25, 0.3) is 0 Å². The average molecular weight is 312 g/mol. The van der Waals surface area contributed by atoms with Crippen LogP contribution in [0.3, 0.4) is 0 Å². The van der Waals surface area contributed by atoms with Crippen molar-refractivity contribution >= 4 is 17.7 Å². The van der Waals surface area contributed by atoms with E-state index < -0.39 is 0 Å². The highest BCUT2D eigenvalue weighted by Crippen LogP contribution is 2.30. The summed E-state index contributed by atoms with van der Waals surface area (Å²) < 4.78 is 0. The number of nitrogens with one attached hydrogen (secondary N) is 1. The lowest BCUT2D eigenvalue weighted by Crippen LogP contribution is -2.39. The van der Waals surface area contributed by atoms with E-state index in [4.69, 9.17) is 0 Å². The van der Waals surface area contributed by atoms with Gasteiger partial charge in [0, 0.05) is 50.2 Å². The highest BCUT2D eigenvalue weighted by Gasteiger charge is 2.27. The van der Waals surface area contributed by atoms with Gasteiger partial charge in [-0.2, -0.15) is 0 Å². The van der Waals surface area contributed by atoms with Gasteiger partial charge in [0.25, 0.3) is 0 Å². The zero-order valence-electron chi connectivity index (χ0n) is 13.1. The standard InChI is InChI=1S/C16H20N6O/c1-2-13(23)22-10-3-5-12(11-22)14-15(18-9-8-17-14)21-16-19-6-4-7-20-16/h4,6-9,12H,2-3,5,10-11H2,1H3,(H,18,19,20,21)/t12-/m1/s1. The van der Waals surface area contributed by atoms with Crippen molar-refractivity contribution in [2.45, 2.75) is 32.1 Å². The molecule has 23 heavy (non-hydrogen) atoms. The van der Waals surface area contributed by atoms with Crippen molar-refractivity contribution in [1.29, 1.82) is 0 Å². The van der Waals surface area contributed by atoms with Crippen LogP contribution in [0.1, 0.15) is 37.8 Å². The molecule has 0 radical (unpaired) electrons. The lowest BCUT2D eigenvalue weighted by atomic mass is 9.94. The number of amides is 1. The minimum absolute atomic E-state index is 0.180. The molecule has 1 aliphatic heterocycles. The number of rotatable bonds is 4. The van der Waals surface area contributed by atoms with Gasteiger partial charge in [0.1, 0.15) is 0 Å². The summed E-state index contributed by atoms with van der Waals surface area (Å²) in [5, 5.41) is 3.13. The number of hydrogen-bond donors (Lipinski definition) is 1. The maximum absolute atomic E-state index is 12.0. The van der Waals surface area contributed by atoms with Gasteiger partial charge in [0.15, 0.2) is 5.82 Å². The van der Waals surface area contributed by atoms with E-state index in [0.29, 0.717) is 24.7 Å². The summed E-state index contributed by atoms with van der Waals surface area (Å²) in [7, 11) is 0. The second-order valence-electron chi connectivity index (χ2n) is 5.52. The van der Waals surface area contributed by atoms with Crippen molar-refractivity contribution in [2.24, 2.45) is 0 Å². The van der Waals surface area contributed by atoms with E-state index in [1.54, 1.807) is 30.9 Å². The molecule has 0 bridgehead atoms. The number of hydrogen-bond acceptors (Lipinski definition) is 6. The maximum Gasteiger partial charge on any atom is 0.228 e. The second-order valence-corrected chi connectivity index (χ2v) is 5.52. The Hall–Kier alpha value is -2.57.